The number of aryl methyl sites for hydroxylation is 1. The van der Waals surface area contributed by atoms with Gasteiger partial charge in [0.25, 0.3) is 5.91 Å². The van der Waals surface area contributed by atoms with Crippen molar-refractivity contribution < 1.29 is 14.7 Å². The fraction of sp³-hybridized carbons (Fsp3) is 0.130. The highest BCUT2D eigenvalue weighted by Crippen LogP contribution is 2.28. The maximum Gasteiger partial charge on any atom is 0.338 e. The van der Waals surface area contributed by atoms with Crippen molar-refractivity contribution in [3.63, 3.8) is 0 Å². The van der Waals surface area contributed by atoms with E-state index < -0.39 is 5.97 Å². The van der Waals surface area contributed by atoms with E-state index in [1.54, 1.807) is 25.1 Å². The van der Waals surface area contributed by atoms with Crippen LogP contribution in [0.4, 0.5) is 5.00 Å². The topological polar surface area (TPSA) is 66.4 Å². The van der Waals surface area contributed by atoms with Gasteiger partial charge in [-0.15, -0.1) is 24.5 Å². The number of hydrogen-bond acceptors (Lipinski definition) is 3. The van der Waals surface area contributed by atoms with Crippen molar-refractivity contribution in [2.45, 2.75) is 20.8 Å². The number of carbonyl (C=O) groups is 2. The van der Waals surface area contributed by atoms with Crippen LogP contribution in [0, 0.1) is 6.92 Å². The zero-order chi connectivity index (χ0) is 21.1. The fourth-order valence-electron chi connectivity index (χ4n) is 2.39. The van der Waals surface area contributed by atoms with Crippen LogP contribution in [0.15, 0.2) is 73.8 Å². The minimum atomic E-state index is -1.05. The number of aromatic carboxylic acids is 1. The van der Waals surface area contributed by atoms with Gasteiger partial charge in [0, 0.05) is 10.4 Å². The Hall–Kier alpha value is -3.18. The first-order valence-electron chi connectivity index (χ1n) is 8.85. The van der Waals surface area contributed by atoms with Gasteiger partial charge in [-0.2, -0.15) is 0 Å². The number of anilines is 1. The lowest BCUT2D eigenvalue weighted by molar-refractivity contribution is 0.0698. The summed E-state index contributed by atoms with van der Waals surface area (Å²) in [4.78, 5) is 24.4. The Morgan fingerprint density at radius 1 is 0.929 bits per heavy atom. The largest absolute Gasteiger partial charge is 0.478 e. The van der Waals surface area contributed by atoms with Crippen molar-refractivity contribution in [3.05, 3.63) is 89.8 Å². The number of rotatable bonds is 4. The zero-order valence-corrected chi connectivity index (χ0v) is 17.2. The molecule has 0 aliphatic rings. The number of amides is 1. The van der Waals surface area contributed by atoms with E-state index in [0.717, 1.165) is 16.0 Å². The van der Waals surface area contributed by atoms with Gasteiger partial charge in [-0.1, -0.05) is 56.3 Å². The molecule has 0 bridgehead atoms. The van der Waals surface area contributed by atoms with Gasteiger partial charge in [0.05, 0.1) is 5.56 Å². The molecule has 0 saturated carbocycles. The number of carbonyl (C=O) groups excluding carboxylic acids is 1. The van der Waals surface area contributed by atoms with Crippen LogP contribution in [0.25, 0.3) is 11.1 Å². The molecule has 0 atom stereocenters. The molecule has 0 aliphatic carbocycles. The van der Waals surface area contributed by atoms with Crippen LogP contribution in [-0.2, 0) is 0 Å². The van der Waals surface area contributed by atoms with Crippen molar-refractivity contribution in [1.29, 1.82) is 0 Å². The van der Waals surface area contributed by atoms with Crippen LogP contribution in [-0.4, -0.2) is 17.0 Å². The molecule has 146 valence electrons. The predicted molar refractivity (Wildman–Crippen MR) is 118 cm³/mol. The number of thiophene rings is 1. The normalized spacial score (nSPS) is 9.25. The van der Waals surface area contributed by atoms with E-state index in [0.29, 0.717) is 10.6 Å². The van der Waals surface area contributed by atoms with Crippen LogP contribution in [0.5, 0.6) is 0 Å². The van der Waals surface area contributed by atoms with Gasteiger partial charge >= 0.3 is 5.97 Å². The van der Waals surface area contributed by atoms with Crippen LogP contribution in [0.1, 0.15) is 39.4 Å². The standard InChI is InChI=1S/C19H15NO3S.C2H6.C2H4/c1-12-11-16(19(22)23)18(24-12)20-17(21)15-9-7-14(8-10-15)13-5-3-2-4-6-13;2*1-2/h2-11H,1H3,(H,20,21)(H,22,23);1-2H3;1-2H2. The Balaban J connectivity index is 0.000000921. The van der Waals surface area contributed by atoms with Crippen LogP contribution < -0.4 is 5.32 Å². The molecule has 0 spiro atoms. The first-order chi connectivity index (χ1) is 13.5. The molecular weight excluding hydrogens is 370 g/mol. The molecule has 2 aromatic carbocycles. The number of carboxylic acids is 1. The van der Waals surface area contributed by atoms with Crippen molar-refractivity contribution >= 4 is 28.2 Å². The lowest BCUT2D eigenvalue weighted by atomic mass is 10.0. The SMILES string of the molecule is C=C.CC.Cc1cc(C(=O)O)c(NC(=O)c2ccc(-c3ccccc3)cc2)s1. The summed E-state index contributed by atoms with van der Waals surface area (Å²) >= 11 is 1.25. The van der Waals surface area contributed by atoms with Gasteiger partial charge in [0.1, 0.15) is 5.00 Å². The smallest absolute Gasteiger partial charge is 0.338 e. The molecule has 0 aliphatic heterocycles. The van der Waals surface area contributed by atoms with E-state index in [9.17, 15) is 14.7 Å². The third-order valence-corrected chi connectivity index (χ3v) is 4.53. The van der Waals surface area contributed by atoms with E-state index in [1.807, 2.05) is 56.3 Å². The Bertz CT molecular complexity index is 899. The molecule has 0 radical (unpaired) electrons. The number of carboxylic acid groups (broad SMARTS) is 1. The Kier molecular flexibility index (Phi) is 9.40. The Labute approximate surface area is 170 Å². The summed E-state index contributed by atoms with van der Waals surface area (Å²) in [6.45, 7) is 11.8. The summed E-state index contributed by atoms with van der Waals surface area (Å²) in [5.74, 6) is -1.37. The molecule has 0 fully saturated rings. The molecule has 5 heteroatoms. The van der Waals surface area contributed by atoms with E-state index >= 15 is 0 Å². The molecule has 1 amide bonds. The summed E-state index contributed by atoms with van der Waals surface area (Å²) in [6.07, 6.45) is 0. The second-order valence-electron chi connectivity index (χ2n) is 5.30. The summed E-state index contributed by atoms with van der Waals surface area (Å²) in [5, 5.41) is 12.2. The highest BCUT2D eigenvalue weighted by Gasteiger charge is 2.16. The van der Waals surface area contributed by atoms with Crippen molar-refractivity contribution in [2.75, 3.05) is 5.32 Å². The van der Waals surface area contributed by atoms with Gasteiger partial charge in [-0.05, 0) is 36.2 Å². The minimum absolute atomic E-state index is 0.117. The molecule has 1 aromatic heterocycles. The van der Waals surface area contributed by atoms with E-state index in [4.69, 9.17) is 0 Å². The summed E-state index contributed by atoms with van der Waals surface area (Å²) in [6, 6.07) is 18.7. The monoisotopic (exact) mass is 395 g/mol. The molecule has 28 heavy (non-hydrogen) atoms. The number of benzene rings is 2. The molecule has 1 heterocycles. The summed E-state index contributed by atoms with van der Waals surface area (Å²) in [7, 11) is 0. The maximum absolute atomic E-state index is 12.3. The summed E-state index contributed by atoms with van der Waals surface area (Å²) in [5.41, 5.74) is 2.70. The third kappa shape index (κ3) is 5.93. The molecule has 3 rings (SSSR count). The van der Waals surface area contributed by atoms with Crippen molar-refractivity contribution in [1.82, 2.24) is 0 Å². The Morgan fingerprint density at radius 3 is 2.00 bits per heavy atom. The highest BCUT2D eigenvalue weighted by atomic mass is 32.1. The molecule has 2 N–H and O–H groups in total. The van der Waals surface area contributed by atoms with Gasteiger partial charge in [0.2, 0.25) is 0 Å². The first kappa shape index (κ1) is 22.9. The molecule has 3 aromatic rings. The van der Waals surface area contributed by atoms with Gasteiger partial charge in [-0.25, -0.2) is 4.79 Å². The first-order valence-corrected chi connectivity index (χ1v) is 9.67. The van der Waals surface area contributed by atoms with Gasteiger partial charge in [0.15, 0.2) is 0 Å². The number of nitrogens with one attached hydrogen (secondary N) is 1. The zero-order valence-electron chi connectivity index (χ0n) is 16.4. The average molecular weight is 396 g/mol. The quantitative estimate of drug-likeness (QED) is 0.495. The summed E-state index contributed by atoms with van der Waals surface area (Å²) < 4.78 is 0. The maximum atomic E-state index is 12.3. The van der Waals surface area contributed by atoms with Gasteiger partial charge in [-0.3, -0.25) is 4.79 Å². The van der Waals surface area contributed by atoms with Crippen LogP contribution in [0.3, 0.4) is 0 Å². The third-order valence-electron chi connectivity index (χ3n) is 3.57. The van der Waals surface area contributed by atoms with Crippen molar-refractivity contribution in [3.8, 4) is 11.1 Å². The Morgan fingerprint density at radius 2 is 1.46 bits per heavy atom. The second-order valence-corrected chi connectivity index (χ2v) is 6.56. The van der Waals surface area contributed by atoms with Crippen LogP contribution in [0.2, 0.25) is 0 Å². The molecule has 0 saturated heterocycles. The lowest BCUT2D eigenvalue weighted by Gasteiger charge is -2.06. The molecule has 4 nitrogen and oxygen atoms in total. The highest BCUT2D eigenvalue weighted by molar-refractivity contribution is 7.16. The minimum Gasteiger partial charge on any atom is -0.478 e. The average Bonchev–Trinajstić information content (AvgIpc) is 3.12. The van der Waals surface area contributed by atoms with E-state index in [1.165, 1.54) is 11.3 Å². The van der Waals surface area contributed by atoms with E-state index in [2.05, 4.69) is 18.5 Å². The molecular formula is C23H25NO3S. The van der Waals surface area contributed by atoms with Crippen LogP contribution >= 0.6 is 11.3 Å². The second kappa shape index (κ2) is 11.5. The lowest BCUT2D eigenvalue weighted by Crippen LogP contribution is -2.13. The predicted octanol–water partition coefficient (Wildman–Crippen LogP) is 6.50. The molecule has 0 unspecified atom stereocenters. The van der Waals surface area contributed by atoms with Gasteiger partial charge < -0.3 is 10.4 Å². The number of hydrogen-bond donors (Lipinski definition) is 2. The van der Waals surface area contributed by atoms with E-state index in [-0.39, 0.29) is 11.5 Å². The van der Waals surface area contributed by atoms with Crippen molar-refractivity contribution in [2.24, 2.45) is 0 Å². The fourth-order valence-corrected chi connectivity index (χ4v) is 3.28.